The molecule has 6 nitrogen and oxygen atoms in total. The second kappa shape index (κ2) is 4.79. The summed E-state index contributed by atoms with van der Waals surface area (Å²) in [5.41, 5.74) is 1.23. The van der Waals surface area contributed by atoms with Crippen molar-refractivity contribution in [3.05, 3.63) is 35.7 Å². The van der Waals surface area contributed by atoms with E-state index < -0.39 is 11.9 Å². The molecule has 1 heterocycles. The first-order chi connectivity index (χ1) is 8.67. The molecule has 0 aliphatic heterocycles. The van der Waals surface area contributed by atoms with Crippen molar-refractivity contribution >= 4 is 23.0 Å². The zero-order valence-electron chi connectivity index (χ0n) is 9.84. The van der Waals surface area contributed by atoms with Crippen molar-refractivity contribution in [3.8, 4) is 0 Å². The van der Waals surface area contributed by atoms with E-state index in [0.717, 1.165) is 0 Å². The Morgan fingerprint density at radius 2 is 1.28 bits per heavy atom. The minimum Gasteiger partial charge on any atom is -0.465 e. The van der Waals surface area contributed by atoms with Gasteiger partial charge in [0.2, 0.25) is 0 Å². The maximum absolute atomic E-state index is 11.6. The molecule has 0 N–H and O–H groups in total. The summed E-state index contributed by atoms with van der Waals surface area (Å²) in [6.07, 6.45) is 3.00. The van der Waals surface area contributed by atoms with Crippen LogP contribution in [0.25, 0.3) is 11.0 Å². The molecule has 6 heteroatoms. The van der Waals surface area contributed by atoms with Gasteiger partial charge in [-0.15, -0.1) is 0 Å². The predicted octanol–water partition coefficient (Wildman–Crippen LogP) is 1.20. The zero-order valence-corrected chi connectivity index (χ0v) is 9.84. The molecule has 0 unspecified atom stereocenters. The summed E-state index contributed by atoms with van der Waals surface area (Å²) in [5.74, 6) is -1.24. The molecule has 0 saturated carbocycles. The molecule has 0 radical (unpaired) electrons. The van der Waals surface area contributed by atoms with Gasteiger partial charge < -0.3 is 9.47 Å². The molecule has 18 heavy (non-hydrogen) atoms. The highest BCUT2D eigenvalue weighted by Crippen LogP contribution is 2.18. The number of benzene rings is 1. The van der Waals surface area contributed by atoms with Crippen LogP contribution >= 0.6 is 0 Å². The van der Waals surface area contributed by atoms with Crippen LogP contribution in [-0.4, -0.2) is 36.1 Å². The monoisotopic (exact) mass is 246 g/mol. The smallest absolute Gasteiger partial charge is 0.338 e. The van der Waals surface area contributed by atoms with E-state index in [4.69, 9.17) is 0 Å². The molecule has 0 aliphatic carbocycles. The first kappa shape index (κ1) is 12.0. The third-order valence-corrected chi connectivity index (χ3v) is 2.42. The summed E-state index contributed by atoms with van der Waals surface area (Å²) in [6, 6.07) is 2.92. The van der Waals surface area contributed by atoms with Crippen molar-refractivity contribution in [1.29, 1.82) is 0 Å². The number of esters is 2. The molecule has 0 saturated heterocycles. The fourth-order valence-corrected chi connectivity index (χ4v) is 1.57. The maximum atomic E-state index is 11.6. The summed E-state index contributed by atoms with van der Waals surface area (Å²) < 4.78 is 9.25. The number of methoxy groups -OCH3 is 2. The van der Waals surface area contributed by atoms with Crippen molar-refractivity contribution in [3.63, 3.8) is 0 Å². The maximum Gasteiger partial charge on any atom is 0.338 e. The molecule has 2 aromatic rings. The van der Waals surface area contributed by atoms with Crippen molar-refractivity contribution in [2.45, 2.75) is 0 Å². The van der Waals surface area contributed by atoms with E-state index in [9.17, 15) is 9.59 Å². The third-order valence-electron chi connectivity index (χ3n) is 2.42. The highest BCUT2D eigenvalue weighted by molar-refractivity contribution is 6.06. The van der Waals surface area contributed by atoms with Crippen LogP contribution in [0, 0.1) is 0 Å². The van der Waals surface area contributed by atoms with Crippen molar-refractivity contribution < 1.29 is 19.1 Å². The van der Waals surface area contributed by atoms with Gasteiger partial charge in [-0.1, -0.05) is 0 Å². The molecule has 2 rings (SSSR count). The van der Waals surface area contributed by atoms with Crippen LogP contribution in [0.1, 0.15) is 20.7 Å². The second-order valence-corrected chi connectivity index (χ2v) is 3.43. The van der Waals surface area contributed by atoms with E-state index in [1.807, 2.05) is 0 Å². The quantitative estimate of drug-likeness (QED) is 0.741. The minimum atomic E-state index is -0.622. The van der Waals surface area contributed by atoms with E-state index >= 15 is 0 Å². The first-order valence-corrected chi connectivity index (χ1v) is 5.08. The van der Waals surface area contributed by atoms with E-state index in [-0.39, 0.29) is 11.1 Å². The number of hydrogen-bond donors (Lipinski definition) is 0. The number of fused-ring (bicyclic) bond motifs is 1. The number of nitrogens with zero attached hydrogens (tertiary/aromatic N) is 2. The van der Waals surface area contributed by atoms with Crippen LogP contribution in [0.2, 0.25) is 0 Å². The molecule has 0 amide bonds. The van der Waals surface area contributed by atoms with Gasteiger partial charge in [0, 0.05) is 12.4 Å². The summed E-state index contributed by atoms with van der Waals surface area (Å²) in [7, 11) is 2.48. The summed E-state index contributed by atoms with van der Waals surface area (Å²) in [5, 5.41) is 0. The Hall–Kier alpha value is -2.50. The van der Waals surface area contributed by atoms with Crippen molar-refractivity contribution in [2.75, 3.05) is 14.2 Å². The molecule has 0 atom stereocenters. The molecular weight excluding hydrogens is 236 g/mol. The Morgan fingerprint density at radius 1 is 0.889 bits per heavy atom. The number of rotatable bonds is 2. The molecule has 92 valence electrons. The lowest BCUT2D eigenvalue weighted by Gasteiger charge is -2.07. The van der Waals surface area contributed by atoms with Crippen LogP contribution < -0.4 is 0 Å². The molecule has 0 spiro atoms. The highest BCUT2D eigenvalue weighted by atomic mass is 16.5. The lowest BCUT2D eigenvalue weighted by molar-refractivity contribution is 0.0555. The third kappa shape index (κ3) is 2.00. The van der Waals surface area contributed by atoms with E-state index in [1.165, 1.54) is 38.7 Å². The molecule has 0 bridgehead atoms. The van der Waals surface area contributed by atoms with Gasteiger partial charge in [-0.05, 0) is 12.1 Å². The van der Waals surface area contributed by atoms with Gasteiger partial charge in [0.05, 0.1) is 36.4 Å². The van der Waals surface area contributed by atoms with Gasteiger partial charge in [0.15, 0.2) is 0 Å². The fraction of sp³-hybridized carbons (Fsp3) is 0.167. The summed E-state index contributed by atoms with van der Waals surface area (Å²) in [6.45, 7) is 0. The Kier molecular flexibility index (Phi) is 3.18. The average molecular weight is 246 g/mol. The normalized spacial score (nSPS) is 10.1. The molecule has 1 aromatic carbocycles. The average Bonchev–Trinajstić information content (AvgIpc) is 2.44. The fourth-order valence-electron chi connectivity index (χ4n) is 1.57. The minimum absolute atomic E-state index is 0.109. The SMILES string of the molecule is COC(=O)c1cc2nccnc2cc1C(=O)OC. The Morgan fingerprint density at radius 3 is 1.61 bits per heavy atom. The second-order valence-electron chi connectivity index (χ2n) is 3.43. The van der Waals surface area contributed by atoms with Crippen LogP contribution in [0.3, 0.4) is 0 Å². The molecule has 1 aromatic heterocycles. The summed E-state index contributed by atoms with van der Waals surface area (Å²) >= 11 is 0. The van der Waals surface area contributed by atoms with Crippen LogP contribution in [0.5, 0.6) is 0 Å². The first-order valence-electron chi connectivity index (χ1n) is 5.08. The lowest BCUT2D eigenvalue weighted by atomic mass is 10.1. The Balaban J connectivity index is 2.71. The highest BCUT2D eigenvalue weighted by Gasteiger charge is 2.20. The van der Waals surface area contributed by atoms with Gasteiger partial charge in [-0.2, -0.15) is 0 Å². The molecule has 0 fully saturated rings. The van der Waals surface area contributed by atoms with Crippen LogP contribution in [0.4, 0.5) is 0 Å². The van der Waals surface area contributed by atoms with E-state index in [1.54, 1.807) is 0 Å². The Bertz CT molecular complexity index is 570. The van der Waals surface area contributed by atoms with Crippen molar-refractivity contribution in [1.82, 2.24) is 9.97 Å². The number of aromatic nitrogens is 2. The lowest BCUT2D eigenvalue weighted by Crippen LogP contribution is -2.12. The largest absolute Gasteiger partial charge is 0.465 e. The van der Waals surface area contributed by atoms with E-state index in [2.05, 4.69) is 19.4 Å². The number of ether oxygens (including phenoxy) is 2. The summed E-state index contributed by atoms with van der Waals surface area (Å²) in [4.78, 5) is 31.4. The van der Waals surface area contributed by atoms with Gasteiger partial charge in [0.25, 0.3) is 0 Å². The number of hydrogen-bond acceptors (Lipinski definition) is 6. The number of carbonyl (C=O) groups is 2. The van der Waals surface area contributed by atoms with E-state index in [0.29, 0.717) is 11.0 Å². The van der Waals surface area contributed by atoms with Crippen LogP contribution in [-0.2, 0) is 9.47 Å². The van der Waals surface area contributed by atoms with Gasteiger partial charge in [0.1, 0.15) is 0 Å². The van der Waals surface area contributed by atoms with Gasteiger partial charge in [-0.3, -0.25) is 9.97 Å². The molecular formula is C12H10N2O4. The topological polar surface area (TPSA) is 78.4 Å². The number of carbonyl (C=O) groups excluding carboxylic acids is 2. The standard InChI is InChI=1S/C12H10N2O4/c1-17-11(15)7-5-9-10(14-4-3-13-9)6-8(7)12(16)18-2/h3-6H,1-2H3. The predicted molar refractivity (Wildman–Crippen MR) is 62.2 cm³/mol. The van der Waals surface area contributed by atoms with Gasteiger partial charge in [-0.25, -0.2) is 9.59 Å². The Labute approximate surface area is 103 Å². The zero-order chi connectivity index (χ0) is 13.1. The van der Waals surface area contributed by atoms with Crippen molar-refractivity contribution in [2.24, 2.45) is 0 Å². The van der Waals surface area contributed by atoms with Crippen LogP contribution in [0.15, 0.2) is 24.5 Å². The molecule has 0 aliphatic rings. The van der Waals surface area contributed by atoms with Gasteiger partial charge >= 0.3 is 11.9 Å².